The van der Waals surface area contributed by atoms with Gasteiger partial charge < -0.3 is 4.90 Å². The molecule has 0 atom stereocenters. The number of pyridine rings is 1. The topological polar surface area (TPSA) is 57.0 Å². The van der Waals surface area contributed by atoms with Crippen LogP contribution in [-0.2, 0) is 0 Å². The highest BCUT2D eigenvalue weighted by Crippen LogP contribution is 2.06. The minimum atomic E-state index is -0.131. The molecule has 0 aliphatic rings. The van der Waals surface area contributed by atoms with Crippen LogP contribution in [0.2, 0.25) is 0 Å². The second-order valence-electron chi connectivity index (χ2n) is 3.88. The van der Waals surface area contributed by atoms with Gasteiger partial charge in [0.05, 0.1) is 5.56 Å². The summed E-state index contributed by atoms with van der Waals surface area (Å²) in [5.41, 5.74) is 0.805. The molecular weight excluding hydrogens is 250 g/mol. The van der Waals surface area contributed by atoms with Crippen LogP contribution >= 0.6 is 11.6 Å². The van der Waals surface area contributed by atoms with E-state index in [0.717, 1.165) is 12.8 Å². The van der Waals surface area contributed by atoms with Crippen LogP contribution in [0.4, 0.5) is 0 Å². The van der Waals surface area contributed by atoms with Crippen molar-refractivity contribution in [2.24, 2.45) is 0 Å². The molecule has 96 valence electrons. The maximum absolute atomic E-state index is 12.2. The highest BCUT2D eigenvalue weighted by Gasteiger charge is 2.15. The summed E-state index contributed by atoms with van der Waals surface area (Å²) in [5, 5.41) is 8.67. The van der Waals surface area contributed by atoms with Crippen molar-refractivity contribution in [3.63, 3.8) is 0 Å². The molecule has 5 heteroatoms. The molecule has 4 nitrogen and oxygen atoms in total. The van der Waals surface area contributed by atoms with E-state index in [9.17, 15) is 4.79 Å². The third-order valence-corrected chi connectivity index (χ3v) is 2.70. The molecule has 0 aromatic carbocycles. The molecular formula is C13H16ClN3O. The Morgan fingerprint density at radius 3 is 2.78 bits per heavy atom. The van der Waals surface area contributed by atoms with Crippen LogP contribution < -0.4 is 0 Å². The molecule has 1 aromatic heterocycles. The summed E-state index contributed by atoms with van der Waals surface area (Å²) in [6.07, 6.45) is 3.37. The Bertz CT molecular complexity index is 425. The zero-order chi connectivity index (χ0) is 13.4. The number of carbonyl (C=O) groups is 1. The van der Waals surface area contributed by atoms with E-state index in [1.807, 2.05) is 6.07 Å². The van der Waals surface area contributed by atoms with Crippen molar-refractivity contribution in [3.05, 3.63) is 29.6 Å². The lowest BCUT2D eigenvalue weighted by atomic mass is 10.2. The number of halogens is 1. The zero-order valence-corrected chi connectivity index (χ0v) is 11.2. The van der Waals surface area contributed by atoms with Gasteiger partial charge in [0.15, 0.2) is 0 Å². The summed E-state index contributed by atoms with van der Waals surface area (Å²) in [4.78, 5) is 17.9. The average molecular weight is 266 g/mol. The number of nitrogens with zero attached hydrogens (tertiary/aromatic N) is 3. The molecule has 0 spiro atoms. The van der Waals surface area contributed by atoms with Crippen molar-refractivity contribution in [1.29, 1.82) is 5.26 Å². The number of amides is 1. The fourth-order valence-electron chi connectivity index (χ4n) is 1.51. The predicted octanol–water partition coefficient (Wildman–Crippen LogP) is 2.43. The first-order chi connectivity index (χ1) is 8.72. The van der Waals surface area contributed by atoms with E-state index in [2.05, 4.69) is 11.9 Å². The Hall–Kier alpha value is -1.60. The van der Waals surface area contributed by atoms with Gasteiger partial charge in [-0.25, -0.2) is 4.98 Å². The number of carbonyl (C=O) groups excluding carboxylic acids is 1. The normalized spacial score (nSPS) is 9.83. The van der Waals surface area contributed by atoms with Gasteiger partial charge in [-0.15, -0.1) is 11.6 Å². The highest BCUT2D eigenvalue weighted by molar-refractivity contribution is 6.18. The quantitative estimate of drug-likeness (QED) is 0.743. The molecule has 0 aliphatic carbocycles. The number of hydrogen-bond acceptors (Lipinski definition) is 3. The smallest absolute Gasteiger partial charge is 0.272 e. The largest absolute Gasteiger partial charge is 0.336 e. The van der Waals surface area contributed by atoms with Crippen LogP contribution in [0, 0.1) is 11.3 Å². The predicted molar refractivity (Wildman–Crippen MR) is 70.5 cm³/mol. The summed E-state index contributed by atoms with van der Waals surface area (Å²) in [6.45, 7) is 3.27. The minimum absolute atomic E-state index is 0.131. The Kier molecular flexibility index (Phi) is 6.16. The first-order valence-corrected chi connectivity index (χ1v) is 6.47. The van der Waals surface area contributed by atoms with Crippen LogP contribution in [0.1, 0.15) is 35.8 Å². The van der Waals surface area contributed by atoms with E-state index in [-0.39, 0.29) is 5.91 Å². The van der Waals surface area contributed by atoms with E-state index in [4.69, 9.17) is 16.9 Å². The van der Waals surface area contributed by atoms with Crippen molar-refractivity contribution < 1.29 is 4.79 Å². The second kappa shape index (κ2) is 7.67. The van der Waals surface area contributed by atoms with Crippen LogP contribution in [0.5, 0.6) is 0 Å². The molecule has 0 aliphatic heterocycles. The lowest BCUT2D eigenvalue weighted by Gasteiger charge is -2.20. The fourth-order valence-corrected chi connectivity index (χ4v) is 1.72. The zero-order valence-electron chi connectivity index (χ0n) is 10.4. The highest BCUT2D eigenvalue weighted by atomic mass is 35.5. The van der Waals surface area contributed by atoms with Crippen molar-refractivity contribution >= 4 is 17.5 Å². The van der Waals surface area contributed by atoms with Gasteiger partial charge in [0.1, 0.15) is 11.8 Å². The summed E-state index contributed by atoms with van der Waals surface area (Å²) in [5.74, 6) is 0.278. The number of rotatable bonds is 6. The standard InChI is InChI=1S/C13H16ClN3O/c1-2-3-7-17(8-6-14)13(18)12-5-4-11(9-15)10-16-12/h4-5,10H,2-3,6-8H2,1H3. The van der Waals surface area contributed by atoms with Crippen LogP contribution in [-0.4, -0.2) is 34.8 Å². The SMILES string of the molecule is CCCCN(CCCl)C(=O)c1ccc(C#N)cn1. The number of alkyl halides is 1. The van der Waals surface area contributed by atoms with Crippen LogP contribution in [0.25, 0.3) is 0 Å². The molecule has 0 saturated carbocycles. The van der Waals surface area contributed by atoms with Gasteiger partial charge in [-0.3, -0.25) is 4.79 Å². The molecule has 0 bridgehead atoms. The Morgan fingerprint density at radius 2 is 2.28 bits per heavy atom. The minimum Gasteiger partial charge on any atom is -0.336 e. The molecule has 18 heavy (non-hydrogen) atoms. The summed E-state index contributed by atoms with van der Waals surface area (Å²) in [6, 6.07) is 5.15. The number of unbranched alkanes of at least 4 members (excludes halogenated alkanes) is 1. The second-order valence-corrected chi connectivity index (χ2v) is 4.26. The van der Waals surface area contributed by atoms with Gasteiger partial charge >= 0.3 is 0 Å². The molecule has 0 unspecified atom stereocenters. The molecule has 1 amide bonds. The first kappa shape index (κ1) is 14.5. The van der Waals surface area contributed by atoms with Crippen molar-refractivity contribution in [2.75, 3.05) is 19.0 Å². The molecule has 1 heterocycles. The third kappa shape index (κ3) is 4.01. The molecule has 0 fully saturated rings. The Balaban J connectivity index is 2.77. The van der Waals surface area contributed by atoms with Gasteiger partial charge in [-0.05, 0) is 18.6 Å². The maximum atomic E-state index is 12.2. The van der Waals surface area contributed by atoms with E-state index in [1.54, 1.807) is 17.0 Å². The van der Waals surface area contributed by atoms with Gasteiger partial charge in [-0.1, -0.05) is 13.3 Å². The summed E-state index contributed by atoms with van der Waals surface area (Å²) >= 11 is 5.70. The molecule has 0 radical (unpaired) electrons. The van der Waals surface area contributed by atoms with Gasteiger partial charge in [-0.2, -0.15) is 5.26 Å². The number of aromatic nitrogens is 1. The van der Waals surface area contributed by atoms with Gasteiger partial charge in [0, 0.05) is 25.2 Å². The Morgan fingerprint density at radius 1 is 1.50 bits per heavy atom. The molecule has 1 rings (SSSR count). The summed E-state index contributed by atoms with van der Waals surface area (Å²) in [7, 11) is 0. The van der Waals surface area contributed by atoms with Crippen molar-refractivity contribution in [1.82, 2.24) is 9.88 Å². The summed E-state index contributed by atoms with van der Waals surface area (Å²) < 4.78 is 0. The van der Waals surface area contributed by atoms with Gasteiger partial charge in [0.25, 0.3) is 5.91 Å². The van der Waals surface area contributed by atoms with Gasteiger partial charge in [0.2, 0.25) is 0 Å². The first-order valence-electron chi connectivity index (χ1n) is 5.94. The van der Waals surface area contributed by atoms with Crippen molar-refractivity contribution in [2.45, 2.75) is 19.8 Å². The van der Waals surface area contributed by atoms with Crippen LogP contribution in [0.15, 0.2) is 18.3 Å². The van der Waals surface area contributed by atoms with E-state index in [1.165, 1.54) is 6.20 Å². The van der Waals surface area contributed by atoms with E-state index < -0.39 is 0 Å². The van der Waals surface area contributed by atoms with Crippen LogP contribution in [0.3, 0.4) is 0 Å². The van der Waals surface area contributed by atoms with Crippen molar-refractivity contribution in [3.8, 4) is 6.07 Å². The average Bonchev–Trinajstić information content (AvgIpc) is 2.43. The maximum Gasteiger partial charge on any atom is 0.272 e. The Labute approximate surface area is 112 Å². The lowest BCUT2D eigenvalue weighted by molar-refractivity contribution is 0.0757. The lowest BCUT2D eigenvalue weighted by Crippen LogP contribution is -2.34. The molecule has 1 aromatic rings. The van der Waals surface area contributed by atoms with E-state index in [0.29, 0.717) is 30.2 Å². The number of nitriles is 1. The number of hydrogen-bond donors (Lipinski definition) is 0. The monoisotopic (exact) mass is 265 g/mol. The fraction of sp³-hybridized carbons (Fsp3) is 0.462. The molecule has 0 N–H and O–H groups in total. The van der Waals surface area contributed by atoms with E-state index >= 15 is 0 Å². The third-order valence-electron chi connectivity index (χ3n) is 2.53. The molecule has 0 saturated heterocycles.